The van der Waals surface area contributed by atoms with Gasteiger partial charge in [-0.2, -0.15) is 0 Å². The fourth-order valence-electron chi connectivity index (χ4n) is 2.02. The van der Waals surface area contributed by atoms with Crippen LogP contribution in [0.1, 0.15) is 43.2 Å². The standard InChI is InChI=1S/C18H22ClNO/c1-12-7-6-8-15(13(12)2)21-17-10-14(11-19)9-16(20-17)18(3,4)5/h6-10H,11H2,1-5H3. The molecular weight excluding hydrogens is 282 g/mol. The summed E-state index contributed by atoms with van der Waals surface area (Å²) in [5.74, 6) is 1.90. The predicted octanol–water partition coefficient (Wildman–Crippen LogP) is 5.53. The van der Waals surface area contributed by atoms with Gasteiger partial charge in [0.2, 0.25) is 5.88 Å². The van der Waals surface area contributed by atoms with Crippen LogP contribution in [0.4, 0.5) is 0 Å². The van der Waals surface area contributed by atoms with Gasteiger partial charge in [0.1, 0.15) is 5.75 Å². The first-order chi connectivity index (χ1) is 9.81. The van der Waals surface area contributed by atoms with E-state index in [0.717, 1.165) is 22.6 Å². The number of aromatic nitrogens is 1. The summed E-state index contributed by atoms with van der Waals surface area (Å²) in [5.41, 5.74) is 4.31. The third-order valence-corrected chi connectivity index (χ3v) is 3.86. The Morgan fingerprint density at radius 2 is 1.86 bits per heavy atom. The Bertz CT molecular complexity index is 644. The van der Waals surface area contributed by atoms with Gasteiger partial charge in [0.25, 0.3) is 0 Å². The van der Waals surface area contributed by atoms with Gasteiger partial charge in [-0.25, -0.2) is 4.98 Å². The van der Waals surface area contributed by atoms with Crippen molar-refractivity contribution in [3.8, 4) is 11.6 Å². The molecule has 0 spiro atoms. The molecule has 0 atom stereocenters. The molecule has 3 heteroatoms. The maximum atomic E-state index is 6.00. The minimum atomic E-state index is -0.0399. The summed E-state index contributed by atoms with van der Waals surface area (Å²) >= 11 is 6.00. The third-order valence-electron chi connectivity index (χ3n) is 3.55. The zero-order valence-electron chi connectivity index (χ0n) is 13.3. The molecule has 0 unspecified atom stereocenters. The van der Waals surface area contributed by atoms with Crippen LogP contribution in [0.2, 0.25) is 0 Å². The Morgan fingerprint density at radius 3 is 2.48 bits per heavy atom. The molecule has 0 N–H and O–H groups in total. The van der Waals surface area contributed by atoms with E-state index >= 15 is 0 Å². The molecule has 0 aliphatic heterocycles. The Kier molecular flexibility index (Phi) is 4.58. The lowest BCUT2D eigenvalue weighted by molar-refractivity contribution is 0.447. The average molecular weight is 304 g/mol. The Labute approximate surface area is 132 Å². The Hall–Kier alpha value is -1.54. The highest BCUT2D eigenvalue weighted by atomic mass is 35.5. The molecule has 0 aliphatic carbocycles. The summed E-state index contributed by atoms with van der Waals surface area (Å²) in [7, 11) is 0. The fraction of sp³-hybridized carbons (Fsp3) is 0.389. The number of alkyl halides is 1. The highest BCUT2D eigenvalue weighted by Gasteiger charge is 2.18. The van der Waals surface area contributed by atoms with Crippen LogP contribution in [-0.2, 0) is 11.3 Å². The quantitative estimate of drug-likeness (QED) is 0.696. The first-order valence-electron chi connectivity index (χ1n) is 7.12. The van der Waals surface area contributed by atoms with Crippen LogP contribution in [0, 0.1) is 13.8 Å². The topological polar surface area (TPSA) is 22.1 Å². The molecule has 2 aromatic rings. The second kappa shape index (κ2) is 6.07. The van der Waals surface area contributed by atoms with Crippen LogP contribution < -0.4 is 4.74 Å². The molecule has 0 saturated heterocycles. The number of hydrogen-bond acceptors (Lipinski definition) is 2. The molecule has 1 aromatic carbocycles. The molecule has 2 nitrogen and oxygen atoms in total. The van der Waals surface area contributed by atoms with Gasteiger partial charge < -0.3 is 4.74 Å². The monoisotopic (exact) mass is 303 g/mol. The molecule has 1 heterocycles. The number of aryl methyl sites for hydroxylation is 1. The van der Waals surface area contributed by atoms with Crippen molar-refractivity contribution in [1.82, 2.24) is 4.98 Å². The van der Waals surface area contributed by atoms with Crippen molar-refractivity contribution in [3.63, 3.8) is 0 Å². The molecule has 0 bridgehead atoms. The van der Waals surface area contributed by atoms with Gasteiger partial charge in [-0.1, -0.05) is 32.9 Å². The van der Waals surface area contributed by atoms with Gasteiger partial charge in [0.05, 0.1) is 5.69 Å². The van der Waals surface area contributed by atoms with Gasteiger partial charge >= 0.3 is 0 Å². The number of ether oxygens (including phenoxy) is 1. The molecule has 2 rings (SSSR count). The molecule has 0 radical (unpaired) electrons. The van der Waals surface area contributed by atoms with Gasteiger partial charge in [0.15, 0.2) is 0 Å². The molecule has 112 valence electrons. The highest BCUT2D eigenvalue weighted by molar-refractivity contribution is 6.17. The predicted molar refractivity (Wildman–Crippen MR) is 88.5 cm³/mol. The largest absolute Gasteiger partial charge is 0.439 e. The maximum absolute atomic E-state index is 6.00. The Balaban J connectivity index is 2.42. The van der Waals surface area contributed by atoms with E-state index in [1.54, 1.807) is 0 Å². The van der Waals surface area contributed by atoms with E-state index in [9.17, 15) is 0 Å². The van der Waals surface area contributed by atoms with Gasteiger partial charge in [-0.3, -0.25) is 0 Å². The number of hydrogen-bond donors (Lipinski definition) is 0. The zero-order chi connectivity index (χ0) is 15.6. The number of nitrogens with zero attached hydrogens (tertiary/aromatic N) is 1. The van der Waals surface area contributed by atoms with E-state index in [0.29, 0.717) is 11.8 Å². The van der Waals surface area contributed by atoms with Crippen molar-refractivity contribution in [1.29, 1.82) is 0 Å². The molecule has 0 fully saturated rings. The minimum absolute atomic E-state index is 0.0399. The summed E-state index contributed by atoms with van der Waals surface area (Å²) in [5, 5.41) is 0. The van der Waals surface area contributed by atoms with Gasteiger partial charge in [0, 0.05) is 17.4 Å². The summed E-state index contributed by atoms with van der Waals surface area (Å²) in [6, 6.07) is 9.99. The van der Waals surface area contributed by atoms with Crippen LogP contribution in [0.15, 0.2) is 30.3 Å². The van der Waals surface area contributed by atoms with E-state index in [-0.39, 0.29) is 5.41 Å². The van der Waals surface area contributed by atoms with E-state index in [1.165, 1.54) is 5.56 Å². The van der Waals surface area contributed by atoms with Crippen molar-refractivity contribution < 1.29 is 4.74 Å². The molecular formula is C18H22ClNO. The maximum Gasteiger partial charge on any atom is 0.219 e. The van der Waals surface area contributed by atoms with Crippen molar-refractivity contribution in [2.75, 3.05) is 0 Å². The molecule has 0 saturated carbocycles. The van der Waals surface area contributed by atoms with Crippen LogP contribution in [0.5, 0.6) is 11.6 Å². The smallest absolute Gasteiger partial charge is 0.219 e. The van der Waals surface area contributed by atoms with Gasteiger partial charge in [-0.05, 0) is 42.7 Å². The normalized spacial score (nSPS) is 11.5. The first kappa shape index (κ1) is 15.8. The van der Waals surface area contributed by atoms with Crippen LogP contribution >= 0.6 is 11.6 Å². The van der Waals surface area contributed by atoms with Crippen LogP contribution in [0.3, 0.4) is 0 Å². The lowest BCUT2D eigenvalue weighted by Gasteiger charge is -2.20. The second-order valence-corrected chi connectivity index (χ2v) is 6.65. The summed E-state index contributed by atoms with van der Waals surface area (Å²) < 4.78 is 6.00. The SMILES string of the molecule is Cc1cccc(Oc2cc(CCl)cc(C(C)(C)C)n2)c1C. The van der Waals surface area contributed by atoms with Crippen molar-refractivity contribution in [3.05, 3.63) is 52.7 Å². The van der Waals surface area contributed by atoms with E-state index in [1.807, 2.05) is 24.3 Å². The molecule has 21 heavy (non-hydrogen) atoms. The van der Waals surface area contributed by atoms with Gasteiger partial charge in [-0.15, -0.1) is 11.6 Å². The lowest BCUT2D eigenvalue weighted by Crippen LogP contribution is -2.14. The van der Waals surface area contributed by atoms with Crippen LogP contribution in [-0.4, -0.2) is 4.98 Å². The lowest BCUT2D eigenvalue weighted by atomic mass is 9.91. The number of halogens is 1. The summed E-state index contributed by atoms with van der Waals surface area (Å²) in [6.45, 7) is 10.5. The number of pyridine rings is 1. The van der Waals surface area contributed by atoms with Crippen LogP contribution in [0.25, 0.3) is 0 Å². The van der Waals surface area contributed by atoms with Crippen molar-refractivity contribution >= 4 is 11.6 Å². The zero-order valence-corrected chi connectivity index (χ0v) is 14.1. The summed E-state index contributed by atoms with van der Waals surface area (Å²) in [4.78, 5) is 4.64. The third kappa shape index (κ3) is 3.76. The van der Waals surface area contributed by atoms with E-state index in [2.05, 4.69) is 45.7 Å². The second-order valence-electron chi connectivity index (χ2n) is 6.38. The molecule has 1 aromatic heterocycles. The first-order valence-corrected chi connectivity index (χ1v) is 7.66. The average Bonchev–Trinajstić information content (AvgIpc) is 2.42. The minimum Gasteiger partial charge on any atom is -0.439 e. The van der Waals surface area contributed by atoms with Crippen molar-refractivity contribution in [2.45, 2.75) is 45.9 Å². The molecule has 0 amide bonds. The van der Waals surface area contributed by atoms with Crippen molar-refractivity contribution in [2.24, 2.45) is 0 Å². The Morgan fingerprint density at radius 1 is 1.14 bits per heavy atom. The highest BCUT2D eigenvalue weighted by Crippen LogP contribution is 2.29. The molecule has 0 aliphatic rings. The number of benzene rings is 1. The fourth-order valence-corrected chi connectivity index (χ4v) is 2.17. The van der Waals surface area contributed by atoms with E-state index in [4.69, 9.17) is 16.3 Å². The number of rotatable bonds is 3. The van der Waals surface area contributed by atoms with E-state index < -0.39 is 0 Å². The summed E-state index contributed by atoms with van der Waals surface area (Å²) in [6.07, 6.45) is 0.